The fraction of sp³-hybridized carbons (Fsp3) is 1.00. The zero-order valence-electron chi connectivity index (χ0n) is 21.7. The second kappa shape index (κ2) is 15.0. The minimum atomic E-state index is 1.08. The van der Waals surface area contributed by atoms with Crippen LogP contribution in [0.3, 0.4) is 0 Å². The van der Waals surface area contributed by atoms with Gasteiger partial charge in [-0.15, -0.1) is 0 Å². The molecule has 0 aliphatic heterocycles. The minimum Gasteiger partial charge on any atom is -0.0654 e. The molecule has 3 fully saturated rings. The van der Waals surface area contributed by atoms with Gasteiger partial charge in [-0.1, -0.05) is 162 Å². The van der Waals surface area contributed by atoms with Crippen LogP contribution in [-0.4, -0.2) is 0 Å². The molecule has 3 saturated carbocycles. The zero-order chi connectivity index (χ0) is 21.7. The topological polar surface area (TPSA) is 0 Å². The van der Waals surface area contributed by atoms with Crippen LogP contribution in [0, 0.1) is 35.5 Å². The van der Waals surface area contributed by atoms with E-state index in [0.29, 0.717) is 0 Å². The Morgan fingerprint density at radius 1 is 0.323 bits per heavy atom. The monoisotopic (exact) mass is 430 g/mol. The molecule has 0 heterocycles. The highest BCUT2D eigenvalue weighted by Gasteiger charge is 2.26. The Labute approximate surface area is 197 Å². The summed E-state index contributed by atoms with van der Waals surface area (Å²) in [6.45, 7) is 4.70. The average molecular weight is 431 g/mol. The maximum Gasteiger partial charge on any atom is -0.0414 e. The van der Waals surface area contributed by atoms with Crippen molar-refractivity contribution in [3.63, 3.8) is 0 Å². The molecule has 3 aliphatic carbocycles. The van der Waals surface area contributed by atoms with Crippen LogP contribution < -0.4 is 0 Å². The molecule has 3 rings (SSSR count). The first-order valence-electron chi connectivity index (χ1n) is 15.3. The molecule has 0 aromatic rings. The molecule has 0 unspecified atom stereocenters. The maximum absolute atomic E-state index is 2.36. The molecule has 0 saturated heterocycles. The smallest absolute Gasteiger partial charge is 0.0414 e. The first-order chi connectivity index (χ1) is 15.3. The van der Waals surface area contributed by atoms with Gasteiger partial charge in [-0.25, -0.2) is 0 Å². The predicted molar refractivity (Wildman–Crippen MR) is 138 cm³/mol. The van der Waals surface area contributed by atoms with Gasteiger partial charge in [0.25, 0.3) is 0 Å². The Morgan fingerprint density at radius 2 is 0.645 bits per heavy atom. The summed E-state index contributed by atoms with van der Waals surface area (Å²) in [5.41, 5.74) is 0. The average Bonchev–Trinajstić information content (AvgIpc) is 2.82. The molecule has 0 aromatic carbocycles. The van der Waals surface area contributed by atoms with Crippen LogP contribution in [0.4, 0.5) is 0 Å². The fourth-order valence-corrected chi connectivity index (χ4v) is 7.64. The van der Waals surface area contributed by atoms with E-state index >= 15 is 0 Å². The van der Waals surface area contributed by atoms with Crippen molar-refractivity contribution in [1.29, 1.82) is 0 Å². The van der Waals surface area contributed by atoms with Gasteiger partial charge < -0.3 is 0 Å². The SMILES string of the molecule is CCCCCC[C@H]1CC[C@H](CC[C@H]2CC[C@H](CC[C@H]3CC[C@H](CCC)CC3)CC2)CC1. The van der Waals surface area contributed by atoms with Gasteiger partial charge >= 0.3 is 0 Å². The maximum atomic E-state index is 2.36. The van der Waals surface area contributed by atoms with E-state index in [9.17, 15) is 0 Å². The van der Waals surface area contributed by atoms with Crippen LogP contribution in [0.2, 0.25) is 0 Å². The van der Waals surface area contributed by atoms with E-state index in [1.54, 1.807) is 103 Å². The molecule has 31 heavy (non-hydrogen) atoms. The molecule has 0 heteroatoms. The standard InChI is InChI=1S/C31H58/c1-3-5-6-7-9-27-12-16-29(17-13-27)19-21-31-24-22-30(23-25-31)20-18-28-14-10-26(8-4-2)11-15-28/h26-31H,3-25H2,1-2H3/t26-,27-,28-,29-,30-,31-. The van der Waals surface area contributed by atoms with Crippen LogP contribution in [0.15, 0.2) is 0 Å². The Morgan fingerprint density at radius 3 is 0.968 bits per heavy atom. The lowest BCUT2D eigenvalue weighted by Gasteiger charge is -2.33. The van der Waals surface area contributed by atoms with Gasteiger partial charge in [0, 0.05) is 0 Å². The van der Waals surface area contributed by atoms with E-state index in [1.165, 1.54) is 44.9 Å². The predicted octanol–water partition coefficient (Wildman–Crippen LogP) is 10.7. The minimum absolute atomic E-state index is 1.08. The number of rotatable bonds is 13. The van der Waals surface area contributed by atoms with E-state index in [4.69, 9.17) is 0 Å². The van der Waals surface area contributed by atoms with Crippen molar-refractivity contribution < 1.29 is 0 Å². The van der Waals surface area contributed by atoms with Gasteiger partial charge in [-0.3, -0.25) is 0 Å². The van der Waals surface area contributed by atoms with Crippen molar-refractivity contribution in [2.75, 3.05) is 0 Å². The van der Waals surface area contributed by atoms with Crippen molar-refractivity contribution in [1.82, 2.24) is 0 Å². The van der Waals surface area contributed by atoms with E-state index in [0.717, 1.165) is 35.5 Å². The third-order valence-electron chi connectivity index (χ3n) is 10.0. The first-order valence-corrected chi connectivity index (χ1v) is 15.3. The molecule has 0 N–H and O–H groups in total. The zero-order valence-corrected chi connectivity index (χ0v) is 21.7. The largest absolute Gasteiger partial charge is 0.0654 e. The second-order valence-corrected chi connectivity index (χ2v) is 12.5. The molecule has 0 radical (unpaired) electrons. The number of hydrogen-bond donors (Lipinski definition) is 0. The van der Waals surface area contributed by atoms with E-state index in [2.05, 4.69) is 13.8 Å². The number of hydrogen-bond acceptors (Lipinski definition) is 0. The molecule has 0 nitrogen and oxygen atoms in total. The van der Waals surface area contributed by atoms with Gasteiger partial charge in [0.2, 0.25) is 0 Å². The highest BCUT2D eigenvalue weighted by atomic mass is 14.3. The van der Waals surface area contributed by atoms with Crippen molar-refractivity contribution in [2.24, 2.45) is 35.5 Å². The molecular formula is C31H58. The Kier molecular flexibility index (Phi) is 12.4. The quantitative estimate of drug-likeness (QED) is 0.255. The summed E-state index contributed by atoms with van der Waals surface area (Å²) >= 11 is 0. The lowest BCUT2D eigenvalue weighted by molar-refractivity contribution is 0.194. The van der Waals surface area contributed by atoms with Crippen molar-refractivity contribution in [2.45, 2.75) is 162 Å². The summed E-state index contributed by atoms with van der Waals surface area (Å²) in [5.74, 6) is 6.53. The van der Waals surface area contributed by atoms with Crippen molar-refractivity contribution in [3.8, 4) is 0 Å². The summed E-state index contributed by atoms with van der Waals surface area (Å²) in [6.07, 6.45) is 35.3. The lowest BCUT2D eigenvalue weighted by atomic mass is 9.73. The van der Waals surface area contributed by atoms with Crippen LogP contribution in [0.25, 0.3) is 0 Å². The summed E-state index contributed by atoms with van der Waals surface area (Å²) in [6, 6.07) is 0. The summed E-state index contributed by atoms with van der Waals surface area (Å²) in [4.78, 5) is 0. The normalized spacial score (nSPS) is 34.6. The third kappa shape index (κ3) is 9.80. The van der Waals surface area contributed by atoms with Gasteiger partial charge in [0.05, 0.1) is 0 Å². The molecular weight excluding hydrogens is 372 g/mol. The molecule has 0 bridgehead atoms. The van der Waals surface area contributed by atoms with Crippen LogP contribution >= 0.6 is 0 Å². The van der Waals surface area contributed by atoms with Crippen LogP contribution in [0.5, 0.6) is 0 Å². The highest BCUT2D eigenvalue weighted by Crippen LogP contribution is 2.40. The van der Waals surface area contributed by atoms with Gasteiger partial charge in [0.15, 0.2) is 0 Å². The highest BCUT2D eigenvalue weighted by molar-refractivity contribution is 4.78. The molecule has 0 spiro atoms. The molecule has 0 amide bonds. The molecule has 0 atom stereocenters. The van der Waals surface area contributed by atoms with E-state index < -0.39 is 0 Å². The van der Waals surface area contributed by atoms with Gasteiger partial charge in [0.1, 0.15) is 0 Å². The van der Waals surface area contributed by atoms with Crippen LogP contribution in [-0.2, 0) is 0 Å². The second-order valence-electron chi connectivity index (χ2n) is 12.5. The van der Waals surface area contributed by atoms with Gasteiger partial charge in [-0.05, 0) is 35.5 Å². The van der Waals surface area contributed by atoms with Crippen molar-refractivity contribution >= 4 is 0 Å². The van der Waals surface area contributed by atoms with E-state index in [1.807, 2.05) is 0 Å². The van der Waals surface area contributed by atoms with Gasteiger partial charge in [-0.2, -0.15) is 0 Å². The van der Waals surface area contributed by atoms with Crippen LogP contribution in [0.1, 0.15) is 162 Å². The molecule has 0 aromatic heterocycles. The Bertz CT molecular complexity index is 415. The summed E-state index contributed by atoms with van der Waals surface area (Å²) in [7, 11) is 0. The number of unbranched alkanes of at least 4 members (excludes halogenated alkanes) is 3. The van der Waals surface area contributed by atoms with Crippen molar-refractivity contribution in [3.05, 3.63) is 0 Å². The lowest BCUT2D eigenvalue weighted by Crippen LogP contribution is -2.19. The Balaban J connectivity index is 1.18. The summed E-state index contributed by atoms with van der Waals surface area (Å²) < 4.78 is 0. The van der Waals surface area contributed by atoms with E-state index in [-0.39, 0.29) is 0 Å². The molecule has 182 valence electrons. The summed E-state index contributed by atoms with van der Waals surface area (Å²) in [5, 5.41) is 0. The molecule has 3 aliphatic rings. The third-order valence-corrected chi connectivity index (χ3v) is 10.0. The first kappa shape index (κ1) is 25.6. The fourth-order valence-electron chi connectivity index (χ4n) is 7.64. The Hall–Kier alpha value is 0.